The molecule has 1 aliphatic rings. The zero-order chi connectivity index (χ0) is 22.8. The molecule has 2 aromatic rings. The molecule has 0 saturated heterocycles. The molecule has 31 heavy (non-hydrogen) atoms. The minimum absolute atomic E-state index is 0.0691. The van der Waals surface area contributed by atoms with Gasteiger partial charge in [-0.3, -0.25) is 4.31 Å². The molecule has 166 valence electrons. The van der Waals surface area contributed by atoms with Crippen molar-refractivity contribution in [2.75, 3.05) is 17.1 Å². The normalized spacial score (nSPS) is 18.0. The van der Waals surface area contributed by atoms with Crippen LogP contribution in [0.3, 0.4) is 0 Å². The van der Waals surface area contributed by atoms with E-state index >= 15 is 0 Å². The van der Waals surface area contributed by atoms with Crippen LogP contribution in [-0.2, 0) is 15.6 Å². The van der Waals surface area contributed by atoms with Crippen molar-refractivity contribution in [3.8, 4) is 11.5 Å². The first-order chi connectivity index (χ1) is 14.5. The van der Waals surface area contributed by atoms with E-state index in [4.69, 9.17) is 10.2 Å². The fourth-order valence-electron chi connectivity index (χ4n) is 3.60. The summed E-state index contributed by atoms with van der Waals surface area (Å²) >= 11 is 0. The first-order valence-corrected chi connectivity index (χ1v) is 11.7. The number of nitrogens with zero attached hydrogens (tertiary/aromatic N) is 3. The Morgan fingerprint density at radius 3 is 2.65 bits per heavy atom. The van der Waals surface area contributed by atoms with E-state index in [-0.39, 0.29) is 35.5 Å². The lowest BCUT2D eigenvalue weighted by Gasteiger charge is -2.25. The molecule has 1 heterocycles. The number of rotatable bonds is 8. The van der Waals surface area contributed by atoms with Gasteiger partial charge in [-0.15, -0.1) is 10.2 Å². The Morgan fingerprint density at radius 2 is 2.06 bits per heavy atom. The molecule has 0 spiro atoms. The average Bonchev–Trinajstić information content (AvgIpc) is 3.19. The van der Waals surface area contributed by atoms with E-state index in [9.17, 15) is 18.3 Å². The Morgan fingerprint density at radius 1 is 1.32 bits per heavy atom. The maximum Gasteiger partial charge on any atom is 0.335 e. The molecule has 1 aromatic carbocycles. The van der Waals surface area contributed by atoms with Crippen LogP contribution < -0.4 is 10.0 Å². The van der Waals surface area contributed by atoms with Gasteiger partial charge in [0.2, 0.25) is 21.8 Å². The minimum atomic E-state index is -3.60. The highest BCUT2D eigenvalue weighted by atomic mass is 32.2. The van der Waals surface area contributed by atoms with Gasteiger partial charge in [0.15, 0.2) is 0 Å². The van der Waals surface area contributed by atoms with E-state index in [1.165, 1.54) is 18.2 Å². The molecule has 2 atom stereocenters. The molecule has 10 heteroatoms. The molecular weight excluding hydrogens is 420 g/mol. The molecule has 0 aliphatic heterocycles. The van der Waals surface area contributed by atoms with Crippen molar-refractivity contribution in [2.24, 2.45) is 11.7 Å². The van der Waals surface area contributed by atoms with Gasteiger partial charge in [0.1, 0.15) is 0 Å². The predicted octanol–water partition coefficient (Wildman–Crippen LogP) is 2.92. The van der Waals surface area contributed by atoms with Gasteiger partial charge in [-0.25, -0.2) is 13.2 Å². The summed E-state index contributed by atoms with van der Waals surface area (Å²) in [5.41, 5.74) is 5.98. The fraction of sp³-hybridized carbons (Fsp3) is 0.381. The largest absolute Gasteiger partial charge is 0.478 e. The molecule has 0 bridgehead atoms. The van der Waals surface area contributed by atoms with Crippen LogP contribution in [0.2, 0.25) is 0 Å². The summed E-state index contributed by atoms with van der Waals surface area (Å²) in [6.45, 7) is 3.60. The van der Waals surface area contributed by atoms with Gasteiger partial charge in [0, 0.05) is 12.1 Å². The molecule has 1 aromatic heterocycles. The highest BCUT2D eigenvalue weighted by Gasteiger charge is 2.31. The Kier molecular flexibility index (Phi) is 6.33. The zero-order valence-corrected chi connectivity index (χ0v) is 18.5. The maximum absolute atomic E-state index is 12.1. The van der Waals surface area contributed by atoms with Gasteiger partial charge in [-0.2, -0.15) is 0 Å². The first-order valence-electron chi connectivity index (χ1n) is 9.84. The Labute approximate surface area is 181 Å². The van der Waals surface area contributed by atoms with E-state index in [2.05, 4.69) is 22.3 Å². The molecule has 0 fully saturated rings. The zero-order valence-electron chi connectivity index (χ0n) is 17.6. The SMILES string of the molecule is CCN(c1cc(C(=O)O)cc(-c2nnc([C@](C)(N)CC3C=CC=CC3)o2)c1)S(C)(=O)=O. The maximum atomic E-state index is 12.1. The molecule has 3 N–H and O–H groups in total. The number of aromatic nitrogens is 2. The number of aromatic carboxylic acids is 1. The quantitative estimate of drug-likeness (QED) is 0.631. The Bertz CT molecular complexity index is 1130. The van der Waals surface area contributed by atoms with E-state index in [0.29, 0.717) is 12.0 Å². The number of carboxylic acid groups (broad SMARTS) is 1. The van der Waals surface area contributed by atoms with Crippen LogP contribution >= 0.6 is 0 Å². The second-order valence-electron chi connectivity index (χ2n) is 7.84. The summed E-state index contributed by atoms with van der Waals surface area (Å²) in [7, 11) is -3.60. The van der Waals surface area contributed by atoms with Crippen LogP contribution in [0.5, 0.6) is 0 Å². The van der Waals surface area contributed by atoms with Gasteiger partial charge in [-0.1, -0.05) is 24.3 Å². The summed E-state index contributed by atoms with van der Waals surface area (Å²) in [6.07, 6.45) is 10.6. The van der Waals surface area contributed by atoms with Crippen molar-refractivity contribution in [3.63, 3.8) is 0 Å². The molecular formula is C21H26N4O5S. The van der Waals surface area contributed by atoms with Crippen LogP contribution in [0.1, 0.15) is 42.9 Å². The smallest absolute Gasteiger partial charge is 0.335 e. The molecule has 0 radical (unpaired) electrons. The number of allylic oxidation sites excluding steroid dienone is 4. The van der Waals surface area contributed by atoms with Crippen molar-refractivity contribution in [1.29, 1.82) is 0 Å². The van der Waals surface area contributed by atoms with Crippen molar-refractivity contribution in [1.82, 2.24) is 10.2 Å². The number of hydrogen-bond donors (Lipinski definition) is 2. The number of carboxylic acids is 1. The topological polar surface area (TPSA) is 140 Å². The van der Waals surface area contributed by atoms with Crippen LogP contribution in [-0.4, -0.2) is 42.5 Å². The van der Waals surface area contributed by atoms with Crippen molar-refractivity contribution in [2.45, 2.75) is 32.2 Å². The van der Waals surface area contributed by atoms with E-state index in [1.807, 2.05) is 12.2 Å². The summed E-state index contributed by atoms with van der Waals surface area (Å²) < 4.78 is 31.2. The number of sulfonamides is 1. The van der Waals surface area contributed by atoms with Gasteiger partial charge in [0.05, 0.1) is 23.0 Å². The highest BCUT2D eigenvalue weighted by Crippen LogP contribution is 2.32. The summed E-state index contributed by atoms with van der Waals surface area (Å²) in [5.74, 6) is -0.666. The van der Waals surface area contributed by atoms with Crippen LogP contribution in [0.15, 0.2) is 46.9 Å². The fourth-order valence-corrected chi connectivity index (χ4v) is 4.55. The van der Waals surface area contributed by atoms with Gasteiger partial charge < -0.3 is 15.3 Å². The minimum Gasteiger partial charge on any atom is -0.478 e. The number of carbonyl (C=O) groups is 1. The van der Waals surface area contributed by atoms with E-state index in [1.54, 1.807) is 13.8 Å². The van der Waals surface area contributed by atoms with Gasteiger partial charge in [0.25, 0.3) is 0 Å². The molecule has 0 amide bonds. The molecule has 1 unspecified atom stereocenters. The third kappa shape index (κ3) is 5.20. The third-order valence-corrected chi connectivity index (χ3v) is 6.33. The Hall–Kier alpha value is -2.98. The first kappa shape index (κ1) is 22.7. The van der Waals surface area contributed by atoms with Gasteiger partial charge in [-0.05, 0) is 50.8 Å². The van der Waals surface area contributed by atoms with Crippen molar-refractivity contribution >= 4 is 21.7 Å². The van der Waals surface area contributed by atoms with Crippen LogP contribution in [0, 0.1) is 5.92 Å². The van der Waals surface area contributed by atoms with E-state index in [0.717, 1.165) is 17.0 Å². The number of anilines is 1. The second kappa shape index (κ2) is 8.64. The summed E-state index contributed by atoms with van der Waals surface area (Å²) in [5, 5.41) is 17.6. The number of benzene rings is 1. The third-order valence-electron chi connectivity index (χ3n) is 5.06. The van der Waals surface area contributed by atoms with E-state index < -0.39 is 21.5 Å². The molecule has 9 nitrogen and oxygen atoms in total. The summed E-state index contributed by atoms with van der Waals surface area (Å²) in [4.78, 5) is 11.6. The van der Waals surface area contributed by atoms with Gasteiger partial charge >= 0.3 is 5.97 Å². The second-order valence-corrected chi connectivity index (χ2v) is 9.75. The standard InChI is InChI=1S/C21H26N4O5S/c1-4-25(31(3,28)29)17-11-15(10-16(12-17)19(26)27)18-23-24-20(30-18)21(2,22)13-14-8-6-5-7-9-14/h5-8,10-12,14H,4,9,13,22H2,1-3H3,(H,26,27)/t14?,21-/m1/s1. The predicted molar refractivity (Wildman–Crippen MR) is 117 cm³/mol. The highest BCUT2D eigenvalue weighted by molar-refractivity contribution is 7.92. The lowest BCUT2D eigenvalue weighted by Crippen LogP contribution is -2.35. The summed E-state index contributed by atoms with van der Waals surface area (Å²) in [6, 6.07) is 4.17. The number of nitrogens with two attached hydrogens (primary N) is 1. The van der Waals surface area contributed by atoms with Crippen LogP contribution in [0.4, 0.5) is 5.69 Å². The van der Waals surface area contributed by atoms with Crippen molar-refractivity contribution in [3.05, 3.63) is 54.0 Å². The number of hydrogen-bond acceptors (Lipinski definition) is 7. The Balaban J connectivity index is 1.97. The van der Waals surface area contributed by atoms with Crippen LogP contribution in [0.25, 0.3) is 11.5 Å². The molecule has 3 rings (SSSR count). The monoisotopic (exact) mass is 446 g/mol. The van der Waals surface area contributed by atoms with Crippen molar-refractivity contribution < 1.29 is 22.7 Å². The molecule has 0 saturated carbocycles. The lowest BCUT2D eigenvalue weighted by molar-refractivity contribution is 0.0697. The lowest BCUT2D eigenvalue weighted by atomic mass is 9.86. The average molecular weight is 447 g/mol. The molecule has 1 aliphatic carbocycles.